The highest BCUT2D eigenvalue weighted by Gasteiger charge is 2.69. The summed E-state index contributed by atoms with van der Waals surface area (Å²) in [6.45, 7) is 10.4. The van der Waals surface area contributed by atoms with Crippen LogP contribution in [0.15, 0.2) is 24.3 Å². The molecule has 3 fully saturated rings. The summed E-state index contributed by atoms with van der Waals surface area (Å²) in [4.78, 5) is 25.1. The van der Waals surface area contributed by atoms with Gasteiger partial charge in [-0.2, -0.15) is 0 Å². The van der Waals surface area contributed by atoms with Crippen molar-refractivity contribution >= 4 is 11.8 Å². The van der Waals surface area contributed by atoms with E-state index in [9.17, 15) is 9.59 Å². The summed E-state index contributed by atoms with van der Waals surface area (Å²) in [5, 5.41) is 0. The van der Waals surface area contributed by atoms with Gasteiger partial charge in [0.15, 0.2) is 0 Å². The fourth-order valence-electron chi connectivity index (χ4n) is 6.06. The van der Waals surface area contributed by atoms with E-state index in [2.05, 4.69) is 32.6 Å². The SMILES string of the molecule is C=C[C@]1(C)CC[C@H]2C(=C[C@@H]3OC(=O)[C@@]4(C)C(=O)CC[C@@]2(C)[C@@H]34)C1. The van der Waals surface area contributed by atoms with Gasteiger partial charge in [0.25, 0.3) is 0 Å². The normalized spacial score (nSPS) is 51.4. The van der Waals surface area contributed by atoms with E-state index >= 15 is 0 Å². The van der Waals surface area contributed by atoms with E-state index in [1.54, 1.807) is 0 Å². The lowest BCUT2D eigenvalue weighted by molar-refractivity contribution is -0.155. The van der Waals surface area contributed by atoms with Gasteiger partial charge in [-0.05, 0) is 55.4 Å². The topological polar surface area (TPSA) is 43.4 Å². The Labute approximate surface area is 138 Å². The maximum atomic E-state index is 12.6. The van der Waals surface area contributed by atoms with Crippen LogP contribution in [0.1, 0.15) is 52.9 Å². The fraction of sp³-hybridized carbons (Fsp3) is 0.700. The number of carbonyl (C=O) groups excluding carboxylic acids is 2. The first-order valence-electron chi connectivity index (χ1n) is 8.83. The predicted molar refractivity (Wildman–Crippen MR) is 87.6 cm³/mol. The van der Waals surface area contributed by atoms with Crippen LogP contribution < -0.4 is 0 Å². The number of ketones is 1. The number of hydrogen-bond donors (Lipinski definition) is 0. The molecule has 6 atom stereocenters. The predicted octanol–water partition coefficient (Wildman–Crippen LogP) is 3.84. The van der Waals surface area contributed by atoms with E-state index < -0.39 is 5.41 Å². The molecule has 1 saturated heterocycles. The third-order valence-corrected chi connectivity index (χ3v) is 7.53. The maximum Gasteiger partial charge on any atom is 0.320 e. The zero-order valence-electron chi connectivity index (χ0n) is 14.4. The van der Waals surface area contributed by atoms with Crippen LogP contribution in [0.5, 0.6) is 0 Å². The average Bonchev–Trinajstić information content (AvgIpc) is 2.77. The van der Waals surface area contributed by atoms with E-state index in [0.717, 1.165) is 25.7 Å². The third-order valence-electron chi connectivity index (χ3n) is 7.53. The Balaban J connectivity index is 1.83. The Morgan fingerprint density at radius 3 is 2.70 bits per heavy atom. The standard InChI is InChI=1S/C20H26O3/c1-5-18(2)8-6-13-12(11-18)10-14-16-19(13,3)9-7-15(21)20(16,4)17(22)23-14/h5,10,13-14,16H,1,6-9,11H2,2-4H3/t13-,14-,16+,18+,19+,20-/m0/s1. The van der Waals surface area contributed by atoms with Crippen molar-refractivity contribution < 1.29 is 14.3 Å². The Bertz CT molecular complexity index is 647. The second-order valence-electron chi connectivity index (χ2n) is 8.85. The van der Waals surface area contributed by atoms with Gasteiger partial charge in [0.05, 0.1) is 0 Å². The summed E-state index contributed by atoms with van der Waals surface area (Å²) in [6.07, 6.45) is 8.67. The molecule has 0 unspecified atom stereocenters. The number of fused-ring (bicyclic) bond motifs is 2. The molecule has 0 N–H and O–H groups in total. The second-order valence-corrected chi connectivity index (χ2v) is 8.85. The highest BCUT2D eigenvalue weighted by Crippen LogP contribution is 2.65. The molecule has 0 radical (unpaired) electrons. The van der Waals surface area contributed by atoms with Crippen LogP contribution >= 0.6 is 0 Å². The largest absolute Gasteiger partial charge is 0.457 e. The number of carbonyl (C=O) groups is 2. The van der Waals surface area contributed by atoms with Gasteiger partial charge in [-0.1, -0.05) is 25.5 Å². The van der Waals surface area contributed by atoms with E-state index in [1.165, 1.54) is 5.57 Å². The van der Waals surface area contributed by atoms with Crippen LogP contribution in [0, 0.1) is 28.1 Å². The molecule has 4 rings (SSSR count). The van der Waals surface area contributed by atoms with Crippen LogP contribution in [-0.4, -0.2) is 17.9 Å². The first-order valence-corrected chi connectivity index (χ1v) is 8.83. The molecule has 23 heavy (non-hydrogen) atoms. The van der Waals surface area contributed by atoms with Crippen LogP contribution in [-0.2, 0) is 14.3 Å². The van der Waals surface area contributed by atoms with Gasteiger partial charge < -0.3 is 4.74 Å². The van der Waals surface area contributed by atoms with Crippen molar-refractivity contribution in [1.29, 1.82) is 0 Å². The van der Waals surface area contributed by atoms with Gasteiger partial charge in [-0.15, -0.1) is 6.58 Å². The average molecular weight is 314 g/mol. The molecule has 0 spiro atoms. The summed E-state index contributed by atoms with van der Waals surface area (Å²) in [5.41, 5.74) is 0.626. The van der Waals surface area contributed by atoms with Gasteiger partial charge in [-0.25, -0.2) is 0 Å². The van der Waals surface area contributed by atoms with Crippen LogP contribution in [0.4, 0.5) is 0 Å². The van der Waals surface area contributed by atoms with Crippen molar-refractivity contribution in [2.45, 2.75) is 59.0 Å². The van der Waals surface area contributed by atoms with Crippen LogP contribution in [0.3, 0.4) is 0 Å². The molecule has 0 aromatic carbocycles. The molecule has 0 aromatic rings. The van der Waals surface area contributed by atoms with Gasteiger partial charge in [0, 0.05) is 12.3 Å². The summed E-state index contributed by atoms with van der Waals surface area (Å²) in [5.74, 6) is 0.255. The number of rotatable bonds is 1. The summed E-state index contributed by atoms with van der Waals surface area (Å²) >= 11 is 0. The van der Waals surface area contributed by atoms with Crippen molar-refractivity contribution in [3.05, 3.63) is 24.3 Å². The number of esters is 1. The minimum atomic E-state index is -0.932. The van der Waals surface area contributed by atoms with Crippen LogP contribution in [0.2, 0.25) is 0 Å². The van der Waals surface area contributed by atoms with E-state index in [-0.39, 0.29) is 34.6 Å². The molecule has 4 aliphatic rings. The highest BCUT2D eigenvalue weighted by atomic mass is 16.6. The Morgan fingerprint density at radius 2 is 2.00 bits per heavy atom. The first kappa shape index (κ1) is 15.2. The smallest absolute Gasteiger partial charge is 0.320 e. The first-order chi connectivity index (χ1) is 10.7. The summed E-state index contributed by atoms with van der Waals surface area (Å²) in [6, 6.07) is 0. The Morgan fingerprint density at radius 1 is 1.26 bits per heavy atom. The molecule has 0 amide bonds. The lowest BCUT2D eigenvalue weighted by Crippen LogP contribution is -2.57. The van der Waals surface area contributed by atoms with Crippen molar-refractivity contribution in [2.24, 2.45) is 28.1 Å². The van der Waals surface area contributed by atoms with E-state index in [4.69, 9.17) is 4.74 Å². The number of ether oxygens (including phenoxy) is 1. The molecule has 2 saturated carbocycles. The second kappa shape index (κ2) is 4.37. The van der Waals surface area contributed by atoms with Gasteiger partial charge >= 0.3 is 5.97 Å². The zero-order valence-corrected chi connectivity index (χ0v) is 14.4. The number of Topliss-reactive ketones (excluding diaryl/α,β-unsaturated/α-hetero) is 1. The molecular formula is C20H26O3. The summed E-state index contributed by atoms with van der Waals surface area (Å²) in [7, 11) is 0. The quantitative estimate of drug-likeness (QED) is 0.419. The van der Waals surface area contributed by atoms with Gasteiger partial charge in [0.2, 0.25) is 0 Å². The third kappa shape index (κ3) is 1.71. The monoisotopic (exact) mass is 314 g/mol. The van der Waals surface area contributed by atoms with Gasteiger partial charge in [0.1, 0.15) is 17.3 Å². The minimum absolute atomic E-state index is 0.00517. The molecule has 3 heteroatoms. The minimum Gasteiger partial charge on any atom is -0.457 e. The number of allylic oxidation sites excluding steroid dienone is 2. The molecule has 3 aliphatic carbocycles. The molecule has 1 heterocycles. The van der Waals surface area contributed by atoms with Crippen molar-refractivity contribution in [2.75, 3.05) is 0 Å². The van der Waals surface area contributed by atoms with Crippen molar-refractivity contribution in [3.8, 4) is 0 Å². The van der Waals surface area contributed by atoms with E-state index in [0.29, 0.717) is 12.3 Å². The lowest BCUT2D eigenvalue weighted by Gasteiger charge is -2.56. The van der Waals surface area contributed by atoms with Crippen molar-refractivity contribution in [3.63, 3.8) is 0 Å². The highest BCUT2D eigenvalue weighted by molar-refractivity contribution is 6.06. The van der Waals surface area contributed by atoms with E-state index in [1.807, 2.05) is 6.92 Å². The molecule has 124 valence electrons. The zero-order chi connectivity index (χ0) is 16.6. The maximum absolute atomic E-state index is 12.6. The molecule has 3 nitrogen and oxygen atoms in total. The Hall–Kier alpha value is -1.38. The van der Waals surface area contributed by atoms with Crippen LogP contribution in [0.25, 0.3) is 0 Å². The Kier molecular flexibility index (Phi) is 2.88. The molecule has 0 bridgehead atoms. The molecule has 1 aliphatic heterocycles. The van der Waals surface area contributed by atoms with Gasteiger partial charge in [-0.3, -0.25) is 9.59 Å². The summed E-state index contributed by atoms with van der Waals surface area (Å²) < 4.78 is 5.71. The lowest BCUT2D eigenvalue weighted by atomic mass is 9.45. The molecular weight excluding hydrogens is 288 g/mol. The van der Waals surface area contributed by atoms with Crippen molar-refractivity contribution in [1.82, 2.24) is 0 Å². The fourth-order valence-corrected chi connectivity index (χ4v) is 6.06. The molecule has 0 aromatic heterocycles. The number of hydrogen-bond acceptors (Lipinski definition) is 3.